The minimum absolute atomic E-state index is 0.213. The number of nitrogens with zero attached hydrogens (tertiary/aromatic N) is 3. The summed E-state index contributed by atoms with van der Waals surface area (Å²) in [5.74, 6) is 0.576. The molecule has 0 fully saturated rings. The van der Waals surface area contributed by atoms with Crippen LogP contribution in [0.1, 0.15) is 61.3 Å². The largest absolute Gasteiger partial charge is 0.462 e. The van der Waals surface area contributed by atoms with Gasteiger partial charge in [0.15, 0.2) is 5.84 Å². The predicted octanol–water partition coefficient (Wildman–Crippen LogP) is 5.52. The predicted molar refractivity (Wildman–Crippen MR) is 137 cm³/mol. The summed E-state index contributed by atoms with van der Waals surface area (Å²) in [6.07, 6.45) is 3.42. The average Bonchev–Trinajstić information content (AvgIpc) is 3.28. The number of fused-ring (bicyclic) bond motifs is 1. The topological polar surface area (TPSA) is 118 Å². The van der Waals surface area contributed by atoms with Crippen LogP contribution in [-0.2, 0) is 16.0 Å². The zero-order valence-corrected chi connectivity index (χ0v) is 20.2. The van der Waals surface area contributed by atoms with E-state index in [0.29, 0.717) is 30.9 Å². The molecule has 3 aromatic rings. The third kappa shape index (κ3) is 7.49. The molecule has 0 unspecified atom stereocenters. The Kier molecular flexibility index (Phi) is 9.53. The minimum atomic E-state index is -0.665. The Balaban J connectivity index is 1.57. The fraction of sp³-hybridized carbons (Fsp3) is 0.346. The number of amides is 1. The van der Waals surface area contributed by atoms with Crippen LogP contribution in [0.5, 0.6) is 0 Å². The lowest BCUT2D eigenvalue weighted by molar-refractivity contribution is 0.0526. The van der Waals surface area contributed by atoms with Gasteiger partial charge in [0, 0.05) is 11.3 Å². The molecule has 0 aliphatic heterocycles. The minimum Gasteiger partial charge on any atom is -0.462 e. The Morgan fingerprint density at radius 3 is 2.51 bits per heavy atom. The number of nitrogens with one attached hydrogen (secondary N) is 2. The van der Waals surface area contributed by atoms with Crippen molar-refractivity contribution in [2.75, 3.05) is 18.5 Å². The maximum atomic E-state index is 12.0. The monoisotopic (exact) mass is 477 g/mol. The van der Waals surface area contributed by atoms with Crippen LogP contribution >= 0.6 is 0 Å². The zero-order chi connectivity index (χ0) is 25.0. The summed E-state index contributed by atoms with van der Waals surface area (Å²) >= 11 is 0. The Hall–Kier alpha value is -4.01. The first-order valence-electron chi connectivity index (χ1n) is 11.8. The molecule has 184 valence electrons. The van der Waals surface area contributed by atoms with Crippen molar-refractivity contribution >= 4 is 41.3 Å². The summed E-state index contributed by atoms with van der Waals surface area (Å²) in [4.78, 5) is 39.4. The molecule has 0 bridgehead atoms. The molecule has 0 saturated heterocycles. The first-order chi connectivity index (χ1) is 17.0. The number of imidazole rings is 1. The van der Waals surface area contributed by atoms with Crippen LogP contribution in [0, 0.1) is 0 Å². The van der Waals surface area contributed by atoms with E-state index in [1.807, 2.05) is 12.1 Å². The summed E-state index contributed by atoms with van der Waals surface area (Å²) in [6, 6.07) is 12.5. The first-order valence-corrected chi connectivity index (χ1v) is 11.8. The van der Waals surface area contributed by atoms with E-state index in [4.69, 9.17) is 9.47 Å². The molecule has 1 heterocycles. The number of rotatable bonds is 11. The number of hydrogen-bond acceptors (Lipinski definition) is 6. The highest BCUT2D eigenvalue weighted by molar-refractivity contribution is 6.06. The number of carbonyl (C=O) groups is 2. The summed E-state index contributed by atoms with van der Waals surface area (Å²) in [6.45, 7) is 8.54. The Labute approximate surface area is 204 Å². The Bertz CT molecular complexity index is 1180. The average molecular weight is 478 g/mol. The highest BCUT2D eigenvalue weighted by Gasteiger charge is 2.10. The van der Waals surface area contributed by atoms with Gasteiger partial charge in [-0.2, -0.15) is 4.99 Å². The number of unbranched alkanes of at least 4 members (excludes halogenated alkanes) is 3. The van der Waals surface area contributed by atoms with Crippen molar-refractivity contribution in [3.05, 3.63) is 59.4 Å². The van der Waals surface area contributed by atoms with Gasteiger partial charge in [-0.3, -0.25) is 0 Å². The smallest absolute Gasteiger partial charge is 0.435 e. The number of esters is 1. The van der Waals surface area contributed by atoms with Crippen LogP contribution in [0.2, 0.25) is 0 Å². The number of carbonyl (C=O) groups excluding carboxylic acids is 2. The van der Waals surface area contributed by atoms with Crippen molar-refractivity contribution in [1.29, 1.82) is 0 Å². The maximum Gasteiger partial charge on any atom is 0.435 e. The molecule has 3 rings (SSSR count). The molecule has 0 radical (unpaired) electrons. The van der Waals surface area contributed by atoms with Crippen molar-refractivity contribution in [1.82, 2.24) is 9.97 Å². The molecular weight excluding hydrogens is 446 g/mol. The summed E-state index contributed by atoms with van der Waals surface area (Å²) in [5.41, 5.74) is 3.51. The number of ether oxygens (including phenoxy) is 2. The van der Waals surface area contributed by atoms with Crippen LogP contribution < -0.4 is 5.32 Å². The number of aliphatic imine (C=N–C) groups is 2. The molecular formula is C26H31N5O4. The lowest BCUT2D eigenvalue weighted by Crippen LogP contribution is -2.06. The number of amidine groups is 1. The van der Waals surface area contributed by atoms with Crippen molar-refractivity contribution in [3.8, 4) is 0 Å². The number of anilines is 1. The lowest BCUT2D eigenvalue weighted by Gasteiger charge is -2.06. The molecule has 0 aliphatic carbocycles. The number of aromatic nitrogens is 2. The quantitative estimate of drug-likeness (QED) is 0.163. The van der Waals surface area contributed by atoms with Gasteiger partial charge in [-0.25, -0.2) is 19.6 Å². The van der Waals surface area contributed by atoms with E-state index in [0.717, 1.165) is 48.2 Å². The Morgan fingerprint density at radius 1 is 1.03 bits per heavy atom. The molecule has 2 N–H and O–H groups in total. The van der Waals surface area contributed by atoms with E-state index in [9.17, 15) is 9.59 Å². The molecule has 0 spiro atoms. The molecule has 0 saturated carbocycles. The van der Waals surface area contributed by atoms with E-state index in [-0.39, 0.29) is 11.8 Å². The van der Waals surface area contributed by atoms with Gasteiger partial charge >= 0.3 is 12.1 Å². The summed E-state index contributed by atoms with van der Waals surface area (Å²) < 4.78 is 10.2. The molecule has 2 aromatic carbocycles. The third-order valence-corrected chi connectivity index (χ3v) is 5.22. The fourth-order valence-electron chi connectivity index (χ4n) is 3.41. The highest BCUT2D eigenvalue weighted by Crippen LogP contribution is 2.17. The van der Waals surface area contributed by atoms with Crippen LogP contribution in [0.4, 0.5) is 10.5 Å². The third-order valence-electron chi connectivity index (χ3n) is 5.22. The summed E-state index contributed by atoms with van der Waals surface area (Å²) in [5, 5.41) is 3.29. The maximum absolute atomic E-state index is 12.0. The lowest BCUT2D eigenvalue weighted by atomic mass is 10.2. The number of H-pyrrole nitrogens is 1. The molecule has 0 atom stereocenters. The molecule has 1 aromatic heterocycles. The van der Waals surface area contributed by atoms with E-state index >= 15 is 0 Å². The van der Waals surface area contributed by atoms with Crippen molar-refractivity contribution in [2.45, 2.75) is 46.1 Å². The van der Waals surface area contributed by atoms with Crippen LogP contribution in [0.3, 0.4) is 0 Å². The normalized spacial score (nSPS) is 11.3. The van der Waals surface area contributed by atoms with Crippen molar-refractivity contribution < 1.29 is 19.1 Å². The van der Waals surface area contributed by atoms with Gasteiger partial charge in [0.05, 0.1) is 36.4 Å². The standard InChI is InChI=1S/C26H31N5O4/c1-4-6-7-8-15-35-26(33)31-24(27-3)18-9-12-20(13-10-18)28-17-23-29-21-14-11-19(16-22(21)30-23)25(32)34-5-2/h9-14,16,28H,3-8,15,17H2,1-2H3,(H,29,30). The number of benzene rings is 2. The van der Waals surface area contributed by atoms with Gasteiger partial charge in [-0.15, -0.1) is 0 Å². The van der Waals surface area contributed by atoms with Gasteiger partial charge in [-0.1, -0.05) is 26.2 Å². The molecule has 9 nitrogen and oxygen atoms in total. The van der Waals surface area contributed by atoms with Gasteiger partial charge in [0.1, 0.15) is 5.82 Å². The van der Waals surface area contributed by atoms with Gasteiger partial charge in [0.25, 0.3) is 0 Å². The SMILES string of the molecule is C=NC(=NC(=O)OCCCCCC)c1ccc(NCc2nc3ccc(C(=O)OCC)cc3[nH]2)cc1. The van der Waals surface area contributed by atoms with E-state index < -0.39 is 6.09 Å². The molecule has 1 amide bonds. The van der Waals surface area contributed by atoms with E-state index in [2.05, 4.69) is 38.9 Å². The van der Waals surface area contributed by atoms with E-state index in [1.165, 1.54) is 0 Å². The Morgan fingerprint density at radius 2 is 1.80 bits per heavy atom. The number of hydrogen-bond donors (Lipinski definition) is 2. The number of aromatic amines is 1. The van der Waals surface area contributed by atoms with Crippen molar-refractivity contribution in [3.63, 3.8) is 0 Å². The second kappa shape index (κ2) is 13.0. The highest BCUT2D eigenvalue weighted by atomic mass is 16.5. The van der Waals surface area contributed by atoms with Crippen LogP contribution in [0.15, 0.2) is 52.4 Å². The first kappa shape index (κ1) is 25.6. The second-order valence-corrected chi connectivity index (χ2v) is 7.84. The summed E-state index contributed by atoms with van der Waals surface area (Å²) in [7, 11) is 0. The van der Waals surface area contributed by atoms with Gasteiger partial charge in [-0.05, 0) is 62.5 Å². The van der Waals surface area contributed by atoms with Crippen molar-refractivity contribution in [2.24, 2.45) is 9.98 Å². The van der Waals surface area contributed by atoms with Crippen LogP contribution in [-0.4, -0.2) is 47.8 Å². The molecule has 0 aliphatic rings. The molecule has 35 heavy (non-hydrogen) atoms. The zero-order valence-electron chi connectivity index (χ0n) is 20.2. The second-order valence-electron chi connectivity index (χ2n) is 7.84. The molecule has 9 heteroatoms. The van der Waals surface area contributed by atoms with E-state index in [1.54, 1.807) is 37.3 Å². The van der Waals surface area contributed by atoms with Gasteiger partial charge in [0.2, 0.25) is 0 Å². The van der Waals surface area contributed by atoms with Crippen LogP contribution in [0.25, 0.3) is 11.0 Å². The fourth-order valence-corrected chi connectivity index (χ4v) is 3.41. The van der Waals surface area contributed by atoms with Gasteiger partial charge < -0.3 is 19.8 Å².